The second kappa shape index (κ2) is 3.89. The largest absolute Gasteiger partial charge is 0.476 e. The van der Waals surface area contributed by atoms with Crippen molar-refractivity contribution in [1.82, 2.24) is 10.2 Å². The molecule has 6 heteroatoms. The summed E-state index contributed by atoms with van der Waals surface area (Å²) in [4.78, 5) is 10.6. The first-order valence-electron chi connectivity index (χ1n) is 3.74. The first kappa shape index (κ1) is 10.2. The Morgan fingerprint density at radius 2 is 2.46 bits per heavy atom. The van der Waals surface area contributed by atoms with E-state index in [1.165, 1.54) is 0 Å². The lowest BCUT2D eigenvalue weighted by Crippen LogP contribution is -2.18. The minimum atomic E-state index is -1.06. The van der Waals surface area contributed by atoms with E-state index in [-0.39, 0.29) is 11.7 Å². The van der Waals surface area contributed by atoms with Crippen molar-refractivity contribution < 1.29 is 9.90 Å². The molecule has 0 aromatic carbocycles. The van der Waals surface area contributed by atoms with Gasteiger partial charge in [-0.05, 0) is 22.9 Å². The molecule has 0 radical (unpaired) electrons. The molecule has 0 saturated heterocycles. The summed E-state index contributed by atoms with van der Waals surface area (Å²) >= 11 is 3.15. The van der Waals surface area contributed by atoms with E-state index in [9.17, 15) is 4.79 Å². The van der Waals surface area contributed by atoms with Crippen molar-refractivity contribution in [3.63, 3.8) is 0 Å². The fourth-order valence-electron chi connectivity index (χ4n) is 0.963. The predicted octanol–water partition coefficient (Wildman–Crippen LogP) is 0.760. The Labute approximate surface area is 83.5 Å². The number of aromatic nitrogens is 2. The quantitative estimate of drug-likeness (QED) is 0.736. The van der Waals surface area contributed by atoms with Crippen molar-refractivity contribution in [2.45, 2.75) is 19.4 Å². The normalized spacial score (nSPS) is 12.8. The molecule has 13 heavy (non-hydrogen) atoms. The number of halogens is 1. The van der Waals surface area contributed by atoms with Crippen molar-refractivity contribution in [3.8, 4) is 0 Å². The molecule has 1 aromatic heterocycles. The molecule has 0 aliphatic rings. The number of carboxylic acid groups (broad SMARTS) is 1. The highest BCUT2D eigenvalue weighted by Gasteiger charge is 2.16. The van der Waals surface area contributed by atoms with Gasteiger partial charge in [0.15, 0.2) is 5.69 Å². The molecule has 1 aromatic rings. The Bertz CT molecular complexity index is 322. The first-order chi connectivity index (χ1) is 6.02. The van der Waals surface area contributed by atoms with Crippen LogP contribution in [-0.2, 0) is 6.42 Å². The number of aromatic amines is 1. The fourth-order valence-corrected chi connectivity index (χ4v) is 1.47. The lowest BCUT2D eigenvalue weighted by molar-refractivity contribution is 0.0689. The highest BCUT2D eigenvalue weighted by Crippen LogP contribution is 2.19. The maximum Gasteiger partial charge on any atom is 0.357 e. The van der Waals surface area contributed by atoms with Gasteiger partial charge in [0.1, 0.15) is 0 Å². The molecule has 1 atom stereocenters. The van der Waals surface area contributed by atoms with Gasteiger partial charge in [0.25, 0.3) is 0 Å². The Balaban J connectivity index is 2.93. The summed E-state index contributed by atoms with van der Waals surface area (Å²) in [5.41, 5.74) is 6.27. The third-order valence-electron chi connectivity index (χ3n) is 1.50. The molecule has 0 spiro atoms. The average molecular weight is 248 g/mol. The SMILES string of the molecule is CC(N)Cc1[nH]nc(C(=O)O)c1Br. The lowest BCUT2D eigenvalue weighted by atomic mass is 10.2. The maximum absolute atomic E-state index is 10.6. The minimum absolute atomic E-state index is 0.00403. The van der Waals surface area contributed by atoms with Gasteiger partial charge in [0.05, 0.1) is 10.2 Å². The van der Waals surface area contributed by atoms with E-state index in [1.54, 1.807) is 0 Å². The van der Waals surface area contributed by atoms with Crippen LogP contribution < -0.4 is 5.73 Å². The van der Waals surface area contributed by atoms with Gasteiger partial charge in [0, 0.05) is 12.5 Å². The van der Waals surface area contributed by atoms with E-state index in [0.29, 0.717) is 16.6 Å². The topological polar surface area (TPSA) is 92.0 Å². The number of nitrogens with zero attached hydrogens (tertiary/aromatic N) is 1. The number of carboxylic acids is 1. The van der Waals surface area contributed by atoms with Crippen LogP contribution in [0.25, 0.3) is 0 Å². The summed E-state index contributed by atoms with van der Waals surface area (Å²) in [6, 6.07) is -0.0293. The number of aromatic carboxylic acids is 1. The van der Waals surface area contributed by atoms with E-state index in [4.69, 9.17) is 10.8 Å². The Kier molecular flexibility index (Phi) is 3.05. The molecule has 0 bridgehead atoms. The van der Waals surface area contributed by atoms with Crippen molar-refractivity contribution in [3.05, 3.63) is 15.9 Å². The number of H-pyrrole nitrogens is 1. The number of hydrogen-bond acceptors (Lipinski definition) is 3. The van der Waals surface area contributed by atoms with Crippen LogP contribution in [0.3, 0.4) is 0 Å². The Morgan fingerprint density at radius 1 is 1.85 bits per heavy atom. The number of carbonyl (C=O) groups is 1. The zero-order chi connectivity index (χ0) is 10.0. The van der Waals surface area contributed by atoms with E-state index >= 15 is 0 Å². The number of nitrogens with two attached hydrogens (primary N) is 1. The molecule has 0 amide bonds. The van der Waals surface area contributed by atoms with Crippen LogP contribution in [0, 0.1) is 0 Å². The van der Waals surface area contributed by atoms with Gasteiger partial charge < -0.3 is 10.8 Å². The molecule has 1 heterocycles. The lowest BCUT2D eigenvalue weighted by Gasteiger charge is -2.01. The third kappa shape index (κ3) is 2.28. The first-order valence-corrected chi connectivity index (χ1v) is 4.53. The van der Waals surface area contributed by atoms with Crippen LogP contribution in [0.15, 0.2) is 4.47 Å². The van der Waals surface area contributed by atoms with Gasteiger partial charge in [0.2, 0.25) is 0 Å². The summed E-state index contributed by atoms with van der Waals surface area (Å²) in [6.07, 6.45) is 0.570. The highest BCUT2D eigenvalue weighted by molar-refractivity contribution is 9.10. The fraction of sp³-hybridized carbons (Fsp3) is 0.429. The van der Waals surface area contributed by atoms with Gasteiger partial charge in [-0.1, -0.05) is 0 Å². The zero-order valence-corrected chi connectivity index (χ0v) is 8.63. The summed E-state index contributed by atoms with van der Waals surface area (Å²) in [6.45, 7) is 1.84. The molecule has 0 saturated carbocycles. The van der Waals surface area contributed by atoms with Gasteiger partial charge in [-0.2, -0.15) is 5.10 Å². The molecular formula is C7H10BrN3O2. The van der Waals surface area contributed by atoms with E-state index < -0.39 is 5.97 Å². The number of nitrogens with one attached hydrogen (secondary N) is 1. The van der Waals surface area contributed by atoms with Gasteiger partial charge in [-0.15, -0.1) is 0 Å². The summed E-state index contributed by atoms with van der Waals surface area (Å²) in [5.74, 6) is -1.06. The van der Waals surface area contributed by atoms with E-state index in [2.05, 4.69) is 26.1 Å². The van der Waals surface area contributed by atoms with Gasteiger partial charge in [-0.25, -0.2) is 4.79 Å². The van der Waals surface area contributed by atoms with Crippen LogP contribution >= 0.6 is 15.9 Å². The number of hydrogen-bond donors (Lipinski definition) is 3. The molecular weight excluding hydrogens is 238 g/mol. The molecule has 0 aliphatic heterocycles. The summed E-state index contributed by atoms with van der Waals surface area (Å²) < 4.78 is 0.484. The standard InChI is InChI=1S/C7H10BrN3O2/c1-3(9)2-4-5(8)6(7(12)13)11-10-4/h3H,2,9H2,1H3,(H,10,11)(H,12,13). The summed E-state index contributed by atoms with van der Waals surface area (Å²) in [7, 11) is 0. The highest BCUT2D eigenvalue weighted by atomic mass is 79.9. The van der Waals surface area contributed by atoms with Gasteiger partial charge in [-0.3, -0.25) is 5.10 Å². The van der Waals surface area contributed by atoms with Crippen LogP contribution in [0.2, 0.25) is 0 Å². The monoisotopic (exact) mass is 247 g/mol. The van der Waals surface area contributed by atoms with Crippen LogP contribution in [0.5, 0.6) is 0 Å². The average Bonchev–Trinajstić information content (AvgIpc) is 2.32. The molecule has 1 rings (SSSR count). The molecule has 72 valence electrons. The molecule has 0 aliphatic carbocycles. The van der Waals surface area contributed by atoms with Crippen LogP contribution in [0.1, 0.15) is 23.1 Å². The van der Waals surface area contributed by atoms with Crippen molar-refractivity contribution in [2.75, 3.05) is 0 Å². The second-order valence-corrected chi connectivity index (χ2v) is 3.64. The molecule has 1 unspecified atom stereocenters. The third-order valence-corrected chi connectivity index (χ3v) is 2.36. The second-order valence-electron chi connectivity index (χ2n) is 2.85. The molecule has 5 nitrogen and oxygen atoms in total. The number of rotatable bonds is 3. The Morgan fingerprint density at radius 3 is 2.85 bits per heavy atom. The van der Waals surface area contributed by atoms with Crippen LogP contribution in [-0.4, -0.2) is 27.3 Å². The van der Waals surface area contributed by atoms with Crippen LogP contribution in [0.4, 0.5) is 0 Å². The van der Waals surface area contributed by atoms with Crippen molar-refractivity contribution in [1.29, 1.82) is 0 Å². The van der Waals surface area contributed by atoms with Crippen molar-refractivity contribution >= 4 is 21.9 Å². The maximum atomic E-state index is 10.6. The minimum Gasteiger partial charge on any atom is -0.476 e. The Hall–Kier alpha value is -0.880. The smallest absolute Gasteiger partial charge is 0.357 e. The molecule has 0 fully saturated rings. The van der Waals surface area contributed by atoms with E-state index in [1.807, 2.05) is 6.92 Å². The van der Waals surface area contributed by atoms with Gasteiger partial charge >= 0.3 is 5.97 Å². The predicted molar refractivity (Wildman–Crippen MR) is 50.6 cm³/mol. The molecule has 4 N–H and O–H groups in total. The zero-order valence-electron chi connectivity index (χ0n) is 7.04. The van der Waals surface area contributed by atoms with Crippen molar-refractivity contribution in [2.24, 2.45) is 5.73 Å². The summed E-state index contributed by atoms with van der Waals surface area (Å²) in [5, 5.41) is 14.9. The van der Waals surface area contributed by atoms with E-state index in [0.717, 1.165) is 0 Å².